The van der Waals surface area contributed by atoms with Crippen LogP contribution in [0.1, 0.15) is 18.5 Å². The SMILES string of the molecule is Cn1cccc1C=C1SC(=O)N(CC(=O)N2CCC(C(=O)O)CC2)C1=O. The molecule has 0 atom stereocenters. The van der Waals surface area contributed by atoms with Gasteiger partial charge < -0.3 is 14.6 Å². The van der Waals surface area contributed by atoms with E-state index in [9.17, 15) is 19.2 Å². The van der Waals surface area contributed by atoms with Crippen LogP contribution in [0.5, 0.6) is 0 Å². The summed E-state index contributed by atoms with van der Waals surface area (Å²) < 4.78 is 1.83. The Morgan fingerprint density at radius 3 is 2.58 bits per heavy atom. The Morgan fingerprint density at radius 1 is 1.31 bits per heavy atom. The van der Waals surface area contributed by atoms with Crippen molar-refractivity contribution in [2.24, 2.45) is 13.0 Å². The van der Waals surface area contributed by atoms with E-state index in [0.717, 1.165) is 22.4 Å². The van der Waals surface area contributed by atoms with Gasteiger partial charge in [0.2, 0.25) is 5.91 Å². The van der Waals surface area contributed by atoms with Crippen molar-refractivity contribution in [1.82, 2.24) is 14.4 Å². The lowest BCUT2D eigenvalue weighted by molar-refractivity contribution is -0.146. The zero-order chi connectivity index (χ0) is 18.8. The number of carboxylic acid groups (broad SMARTS) is 1. The second-order valence-corrected chi connectivity index (χ2v) is 7.30. The molecule has 0 unspecified atom stereocenters. The molecule has 0 radical (unpaired) electrons. The van der Waals surface area contributed by atoms with Crippen molar-refractivity contribution in [1.29, 1.82) is 0 Å². The van der Waals surface area contributed by atoms with Gasteiger partial charge in [-0.15, -0.1) is 0 Å². The zero-order valence-corrected chi connectivity index (χ0v) is 15.1. The number of imide groups is 1. The summed E-state index contributed by atoms with van der Waals surface area (Å²) in [6.07, 6.45) is 4.24. The maximum atomic E-state index is 12.5. The fourth-order valence-electron chi connectivity index (χ4n) is 3.01. The number of nitrogens with zero attached hydrogens (tertiary/aromatic N) is 3. The third-order valence-corrected chi connectivity index (χ3v) is 5.53. The van der Waals surface area contributed by atoms with E-state index in [2.05, 4.69) is 0 Å². The molecule has 1 aromatic rings. The van der Waals surface area contributed by atoms with Gasteiger partial charge in [0.25, 0.3) is 11.1 Å². The molecule has 0 bridgehead atoms. The number of carbonyl (C=O) groups excluding carboxylic acids is 3. The highest BCUT2D eigenvalue weighted by atomic mass is 32.2. The van der Waals surface area contributed by atoms with Crippen molar-refractivity contribution >= 4 is 40.9 Å². The van der Waals surface area contributed by atoms with Gasteiger partial charge in [0.15, 0.2) is 0 Å². The number of thioether (sulfide) groups is 1. The van der Waals surface area contributed by atoms with E-state index in [1.54, 1.807) is 6.08 Å². The number of hydrogen-bond acceptors (Lipinski definition) is 5. The number of piperidine rings is 1. The number of amides is 3. The first-order valence-electron chi connectivity index (χ1n) is 8.24. The average molecular weight is 377 g/mol. The lowest BCUT2D eigenvalue weighted by Crippen LogP contribution is -2.46. The first-order chi connectivity index (χ1) is 12.4. The minimum absolute atomic E-state index is 0.286. The number of hydrogen-bond donors (Lipinski definition) is 1. The Morgan fingerprint density at radius 2 is 2.00 bits per heavy atom. The first kappa shape index (κ1) is 18.2. The number of carboxylic acids is 1. The van der Waals surface area contributed by atoms with Crippen molar-refractivity contribution in [3.8, 4) is 0 Å². The Bertz CT molecular complexity index is 792. The van der Waals surface area contributed by atoms with Gasteiger partial charge in [-0.05, 0) is 42.8 Å². The number of aliphatic carboxylic acids is 1. The first-order valence-corrected chi connectivity index (χ1v) is 9.05. The highest BCUT2D eigenvalue weighted by molar-refractivity contribution is 8.18. The second-order valence-electron chi connectivity index (χ2n) is 6.31. The highest BCUT2D eigenvalue weighted by Crippen LogP contribution is 2.32. The number of aromatic nitrogens is 1. The van der Waals surface area contributed by atoms with E-state index in [4.69, 9.17) is 5.11 Å². The summed E-state index contributed by atoms with van der Waals surface area (Å²) in [6, 6.07) is 3.66. The minimum atomic E-state index is -0.853. The van der Waals surface area contributed by atoms with Crippen LogP contribution in [0, 0.1) is 5.92 Å². The van der Waals surface area contributed by atoms with Gasteiger partial charge in [0, 0.05) is 32.0 Å². The molecule has 2 saturated heterocycles. The molecule has 2 fully saturated rings. The number of rotatable bonds is 4. The van der Waals surface area contributed by atoms with Gasteiger partial charge in [0.1, 0.15) is 6.54 Å². The Hall–Kier alpha value is -2.55. The lowest BCUT2D eigenvalue weighted by atomic mass is 9.97. The molecule has 3 heterocycles. The van der Waals surface area contributed by atoms with E-state index in [1.807, 2.05) is 29.9 Å². The van der Waals surface area contributed by atoms with Crippen molar-refractivity contribution in [3.63, 3.8) is 0 Å². The smallest absolute Gasteiger partial charge is 0.306 e. The Kier molecular flexibility index (Phi) is 5.17. The molecule has 26 heavy (non-hydrogen) atoms. The van der Waals surface area contributed by atoms with E-state index in [0.29, 0.717) is 25.9 Å². The third-order valence-electron chi connectivity index (χ3n) is 4.63. The average Bonchev–Trinajstić information content (AvgIpc) is 3.13. The molecular weight excluding hydrogens is 358 g/mol. The van der Waals surface area contributed by atoms with Gasteiger partial charge >= 0.3 is 5.97 Å². The molecule has 3 rings (SSSR count). The molecule has 8 nitrogen and oxygen atoms in total. The molecule has 0 aromatic carbocycles. The maximum Gasteiger partial charge on any atom is 0.306 e. The topological polar surface area (TPSA) is 99.9 Å². The predicted molar refractivity (Wildman–Crippen MR) is 95.0 cm³/mol. The fourth-order valence-corrected chi connectivity index (χ4v) is 3.83. The number of aryl methyl sites for hydroxylation is 1. The monoisotopic (exact) mass is 377 g/mol. The van der Waals surface area contributed by atoms with Gasteiger partial charge in [-0.3, -0.25) is 24.1 Å². The van der Waals surface area contributed by atoms with Gasteiger partial charge in [0.05, 0.1) is 10.8 Å². The van der Waals surface area contributed by atoms with Crippen LogP contribution in [0.15, 0.2) is 23.2 Å². The summed E-state index contributed by atoms with van der Waals surface area (Å²) in [7, 11) is 1.83. The molecule has 0 saturated carbocycles. The Balaban J connectivity index is 1.63. The molecule has 2 aliphatic rings. The largest absolute Gasteiger partial charge is 0.481 e. The summed E-state index contributed by atoms with van der Waals surface area (Å²) in [4.78, 5) is 50.7. The number of likely N-dealkylation sites (tertiary alicyclic amines) is 1. The van der Waals surface area contributed by atoms with Crippen molar-refractivity contribution in [3.05, 3.63) is 28.9 Å². The summed E-state index contributed by atoms with van der Waals surface area (Å²) >= 11 is 0.818. The zero-order valence-electron chi connectivity index (χ0n) is 14.3. The minimum Gasteiger partial charge on any atom is -0.481 e. The predicted octanol–water partition coefficient (Wildman–Crippen LogP) is 1.38. The van der Waals surface area contributed by atoms with Gasteiger partial charge in [-0.2, -0.15) is 0 Å². The fraction of sp³-hybridized carbons (Fsp3) is 0.412. The van der Waals surface area contributed by atoms with Crippen LogP contribution < -0.4 is 0 Å². The molecule has 0 aliphatic carbocycles. The Labute approximate surface area is 154 Å². The van der Waals surface area contributed by atoms with Crippen LogP contribution in [-0.4, -0.2) is 62.1 Å². The molecule has 9 heteroatoms. The van der Waals surface area contributed by atoms with Crippen LogP contribution in [0.4, 0.5) is 4.79 Å². The van der Waals surface area contributed by atoms with Crippen molar-refractivity contribution in [2.45, 2.75) is 12.8 Å². The summed E-state index contributed by atoms with van der Waals surface area (Å²) in [5.41, 5.74) is 0.789. The van der Waals surface area contributed by atoms with Crippen molar-refractivity contribution in [2.75, 3.05) is 19.6 Å². The van der Waals surface area contributed by atoms with Gasteiger partial charge in [-0.25, -0.2) is 0 Å². The molecule has 3 amide bonds. The van der Waals surface area contributed by atoms with Crippen LogP contribution >= 0.6 is 11.8 Å². The summed E-state index contributed by atoms with van der Waals surface area (Å²) in [6.45, 7) is 0.337. The van der Waals surface area contributed by atoms with Gasteiger partial charge in [-0.1, -0.05) is 0 Å². The van der Waals surface area contributed by atoms with E-state index >= 15 is 0 Å². The normalized spacial score (nSPS) is 20.3. The quantitative estimate of drug-likeness (QED) is 0.796. The van der Waals surface area contributed by atoms with E-state index in [1.165, 1.54) is 4.90 Å². The highest BCUT2D eigenvalue weighted by Gasteiger charge is 2.38. The van der Waals surface area contributed by atoms with Crippen LogP contribution in [-0.2, 0) is 21.4 Å². The summed E-state index contributed by atoms with van der Waals surface area (Å²) in [5, 5.41) is 8.54. The summed E-state index contributed by atoms with van der Waals surface area (Å²) in [5.74, 6) is -2.11. The maximum absolute atomic E-state index is 12.5. The van der Waals surface area contributed by atoms with Crippen molar-refractivity contribution < 1.29 is 24.3 Å². The molecular formula is C17H19N3O5S. The van der Waals surface area contributed by atoms with Crippen LogP contribution in [0.2, 0.25) is 0 Å². The van der Waals surface area contributed by atoms with E-state index in [-0.39, 0.29) is 17.4 Å². The van der Waals surface area contributed by atoms with E-state index < -0.39 is 23.0 Å². The standard InChI is InChI=1S/C17H19N3O5S/c1-18-6-2-3-12(18)9-13-15(22)20(17(25)26-13)10-14(21)19-7-4-11(5-8-19)16(23)24/h2-3,6,9,11H,4-5,7-8,10H2,1H3,(H,23,24). The number of carbonyl (C=O) groups is 4. The lowest BCUT2D eigenvalue weighted by Gasteiger charge is -2.30. The molecule has 2 aliphatic heterocycles. The van der Waals surface area contributed by atoms with Crippen LogP contribution in [0.25, 0.3) is 6.08 Å². The molecule has 1 aromatic heterocycles. The molecule has 0 spiro atoms. The molecule has 1 N–H and O–H groups in total. The third kappa shape index (κ3) is 3.67. The second kappa shape index (κ2) is 7.36. The van der Waals surface area contributed by atoms with Crippen LogP contribution in [0.3, 0.4) is 0 Å². The molecule has 138 valence electrons.